The van der Waals surface area contributed by atoms with Gasteiger partial charge in [-0.1, -0.05) is 24.6 Å². The van der Waals surface area contributed by atoms with Crippen LogP contribution in [0.15, 0.2) is 18.2 Å². The van der Waals surface area contributed by atoms with E-state index in [4.69, 9.17) is 11.6 Å². The molecule has 1 N–H and O–H groups in total. The molecule has 16 heavy (non-hydrogen) atoms. The molecule has 1 rings (SSSR count). The van der Waals surface area contributed by atoms with Gasteiger partial charge in [0.25, 0.3) is 0 Å². The van der Waals surface area contributed by atoms with E-state index in [-0.39, 0.29) is 0 Å². The van der Waals surface area contributed by atoms with E-state index in [0.717, 1.165) is 23.8 Å². The minimum Gasteiger partial charge on any atom is -0.374 e. The zero-order chi connectivity index (χ0) is 12.1. The Morgan fingerprint density at radius 2 is 2.06 bits per heavy atom. The Hall–Kier alpha value is -0.730. The zero-order valence-corrected chi connectivity index (χ0v) is 11.3. The highest BCUT2D eigenvalue weighted by atomic mass is 35.5. The van der Waals surface area contributed by atoms with Gasteiger partial charge in [0.2, 0.25) is 0 Å². The molecule has 2 nitrogen and oxygen atoms in total. The monoisotopic (exact) mass is 240 g/mol. The molecule has 1 atom stereocenters. The van der Waals surface area contributed by atoms with Gasteiger partial charge in [-0.2, -0.15) is 0 Å². The molecule has 1 aromatic carbocycles. The average Bonchev–Trinajstić information content (AvgIpc) is 2.28. The highest BCUT2D eigenvalue weighted by Crippen LogP contribution is 2.28. The number of hydrogen-bond donors (Lipinski definition) is 1. The van der Waals surface area contributed by atoms with Gasteiger partial charge < -0.3 is 10.2 Å². The third-order valence-corrected chi connectivity index (χ3v) is 3.17. The van der Waals surface area contributed by atoms with Crippen LogP contribution in [0.4, 0.5) is 5.69 Å². The van der Waals surface area contributed by atoms with E-state index in [2.05, 4.69) is 56.2 Å². The van der Waals surface area contributed by atoms with Gasteiger partial charge in [-0.15, -0.1) is 0 Å². The summed E-state index contributed by atoms with van der Waals surface area (Å²) in [7, 11) is 2.05. The first-order valence-corrected chi connectivity index (χ1v) is 6.21. The molecule has 0 aromatic heterocycles. The van der Waals surface area contributed by atoms with Crippen molar-refractivity contribution >= 4 is 17.3 Å². The Labute approximate surface area is 104 Å². The highest BCUT2D eigenvalue weighted by Gasteiger charge is 2.08. The summed E-state index contributed by atoms with van der Waals surface area (Å²) in [4.78, 5) is 2.14. The highest BCUT2D eigenvalue weighted by molar-refractivity contribution is 6.33. The van der Waals surface area contributed by atoms with Crippen LogP contribution in [0.2, 0.25) is 5.02 Å². The van der Waals surface area contributed by atoms with E-state index < -0.39 is 0 Å². The standard InChI is InChI=1S/C13H21ClN2/c1-5-15-10(3)11-7-8-13(12(14)9-11)16(4)6-2/h7-10,15H,5-6H2,1-4H3. The van der Waals surface area contributed by atoms with Gasteiger partial charge in [-0.25, -0.2) is 0 Å². The van der Waals surface area contributed by atoms with Crippen molar-refractivity contribution in [2.24, 2.45) is 0 Å². The van der Waals surface area contributed by atoms with Crippen molar-refractivity contribution in [1.29, 1.82) is 0 Å². The molecule has 0 aliphatic carbocycles. The third-order valence-electron chi connectivity index (χ3n) is 2.87. The fraction of sp³-hybridized carbons (Fsp3) is 0.538. The van der Waals surface area contributed by atoms with Gasteiger partial charge in [-0.3, -0.25) is 0 Å². The van der Waals surface area contributed by atoms with Gasteiger partial charge in [0.15, 0.2) is 0 Å². The van der Waals surface area contributed by atoms with Crippen LogP contribution in [-0.4, -0.2) is 20.1 Å². The molecule has 1 unspecified atom stereocenters. The predicted octanol–water partition coefficient (Wildman–Crippen LogP) is 3.47. The van der Waals surface area contributed by atoms with E-state index in [0.29, 0.717) is 6.04 Å². The van der Waals surface area contributed by atoms with E-state index in [1.54, 1.807) is 0 Å². The zero-order valence-electron chi connectivity index (χ0n) is 10.5. The predicted molar refractivity (Wildman–Crippen MR) is 72.5 cm³/mol. The smallest absolute Gasteiger partial charge is 0.0642 e. The summed E-state index contributed by atoms with van der Waals surface area (Å²) < 4.78 is 0. The molecule has 0 aliphatic rings. The van der Waals surface area contributed by atoms with Gasteiger partial charge in [0.1, 0.15) is 0 Å². The van der Waals surface area contributed by atoms with E-state index in [9.17, 15) is 0 Å². The minimum absolute atomic E-state index is 0.350. The van der Waals surface area contributed by atoms with Crippen molar-refractivity contribution in [1.82, 2.24) is 5.32 Å². The maximum Gasteiger partial charge on any atom is 0.0642 e. The summed E-state index contributed by atoms with van der Waals surface area (Å²) in [5.41, 5.74) is 2.33. The van der Waals surface area contributed by atoms with Gasteiger partial charge >= 0.3 is 0 Å². The number of nitrogens with zero attached hydrogens (tertiary/aromatic N) is 1. The number of anilines is 1. The minimum atomic E-state index is 0.350. The summed E-state index contributed by atoms with van der Waals surface area (Å²) >= 11 is 6.28. The molecule has 0 spiro atoms. The molecule has 0 fully saturated rings. The lowest BCUT2D eigenvalue weighted by molar-refractivity contribution is 0.598. The summed E-state index contributed by atoms with van der Waals surface area (Å²) in [5.74, 6) is 0. The van der Waals surface area contributed by atoms with Crippen molar-refractivity contribution in [3.05, 3.63) is 28.8 Å². The number of hydrogen-bond acceptors (Lipinski definition) is 2. The first-order valence-electron chi connectivity index (χ1n) is 5.84. The lowest BCUT2D eigenvalue weighted by atomic mass is 10.1. The maximum absolute atomic E-state index is 6.28. The molecule has 0 radical (unpaired) electrons. The molecule has 0 saturated carbocycles. The van der Waals surface area contributed by atoms with E-state index in [1.165, 1.54) is 5.56 Å². The van der Waals surface area contributed by atoms with Crippen molar-refractivity contribution in [2.75, 3.05) is 25.0 Å². The van der Waals surface area contributed by atoms with Crippen LogP contribution >= 0.6 is 11.6 Å². The van der Waals surface area contributed by atoms with Crippen LogP contribution in [0.25, 0.3) is 0 Å². The Balaban J connectivity index is 2.90. The Morgan fingerprint density at radius 1 is 1.38 bits per heavy atom. The molecule has 0 saturated heterocycles. The van der Waals surface area contributed by atoms with Gasteiger partial charge in [0.05, 0.1) is 10.7 Å². The second-order valence-corrected chi connectivity index (χ2v) is 4.41. The van der Waals surface area contributed by atoms with Crippen molar-refractivity contribution in [3.8, 4) is 0 Å². The normalized spacial score (nSPS) is 12.6. The van der Waals surface area contributed by atoms with Crippen molar-refractivity contribution < 1.29 is 0 Å². The van der Waals surface area contributed by atoms with Crippen molar-refractivity contribution in [3.63, 3.8) is 0 Å². The number of halogens is 1. The number of rotatable bonds is 5. The van der Waals surface area contributed by atoms with Gasteiger partial charge in [0, 0.05) is 19.6 Å². The first kappa shape index (κ1) is 13.3. The molecular formula is C13H21ClN2. The lowest BCUT2D eigenvalue weighted by Gasteiger charge is -2.20. The average molecular weight is 241 g/mol. The fourth-order valence-electron chi connectivity index (χ4n) is 1.70. The quantitative estimate of drug-likeness (QED) is 0.848. The van der Waals surface area contributed by atoms with Crippen LogP contribution in [0.5, 0.6) is 0 Å². The molecule has 0 heterocycles. The molecular weight excluding hydrogens is 220 g/mol. The Kier molecular flexibility index (Phi) is 5.10. The fourth-order valence-corrected chi connectivity index (χ4v) is 2.03. The summed E-state index contributed by atoms with van der Waals surface area (Å²) in [6, 6.07) is 6.63. The van der Waals surface area contributed by atoms with Crippen LogP contribution in [-0.2, 0) is 0 Å². The molecule has 0 aliphatic heterocycles. The SMILES string of the molecule is CCNC(C)c1ccc(N(C)CC)c(Cl)c1. The first-order chi connectivity index (χ1) is 7.60. The largest absolute Gasteiger partial charge is 0.374 e. The van der Waals surface area contributed by atoms with Crippen LogP contribution < -0.4 is 10.2 Å². The molecule has 1 aromatic rings. The number of benzene rings is 1. The Morgan fingerprint density at radius 3 is 2.56 bits per heavy atom. The molecule has 90 valence electrons. The Bertz CT molecular complexity index is 339. The van der Waals surface area contributed by atoms with E-state index in [1.807, 2.05) is 0 Å². The van der Waals surface area contributed by atoms with Crippen molar-refractivity contribution in [2.45, 2.75) is 26.8 Å². The third kappa shape index (κ3) is 3.13. The van der Waals surface area contributed by atoms with Crippen LogP contribution in [0, 0.1) is 0 Å². The van der Waals surface area contributed by atoms with Crippen LogP contribution in [0.1, 0.15) is 32.4 Å². The second kappa shape index (κ2) is 6.12. The summed E-state index contributed by atoms with van der Waals surface area (Å²) in [6.45, 7) is 8.30. The molecule has 0 bridgehead atoms. The molecule has 3 heteroatoms. The van der Waals surface area contributed by atoms with Crippen LogP contribution in [0.3, 0.4) is 0 Å². The summed E-state index contributed by atoms with van der Waals surface area (Å²) in [5, 5.41) is 4.20. The maximum atomic E-state index is 6.28. The topological polar surface area (TPSA) is 15.3 Å². The summed E-state index contributed by atoms with van der Waals surface area (Å²) in [6.07, 6.45) is 0. The second-order valence-electron chi connectivity index (χ2n) is 4.00. The molecule has 0 amide bonds. The lowest BCUT2D eigenvalue weighted by Crippen LogP contribution is -2.19. The van der Waals surface area contributed by atoms with Gasteiger partial charge in [-0.05, 0) is 38.1 Å². The van der Waals surface area contributed by atoms with E-state index >= 15 is 0 Å². The number of nitrogens with one attached hydrogen (secondary N) is 1.